The summed E-state index contributed by atoms with van der Waals surface area (Å²) in [6, 6.07) is 57.5. The van der Waals surface area contributed by atoms with E-state index in [0.717, 1.165) is 115 Å². The molecule has 116 heavy (non-hydrogen) atoms. The van der Waals surface area contributed by atoms with E-state index < -0.39 is 74.1 Å². The molecule has 0 atom stereocenters. The molecule has 34 heteroatoms. The van der Waals surface area contributed by atoms with Crippen LogP contribution in [-0.4, -0.2) is 154 Å². The van der Waals surface area contributed by atoms with E-state index in [9.17, 15) is 53.6 Å². The van der Waals surface area contributed by atoms with Gasteiger partial charge in [-0.3, -0.25) is 0 Å². The van der Waals surface area contributed by atoms with Crippen LogP contribution in [0.4, 0.5) is 17.1 Å². The molecule has 0 spiro atoms. The van der Waals surface area contributed by atoms with E-state index in [2.05, 4.69) is 95.8 Å². The third-order valence-corrected chi connectivity index (χ3v) is 20.3. The van der Waals surface area contributed by atoms with Gasteiger partial charge in [-0.15, -0.1) is 44.3 Å². The summed E-state index contributed by atoms with van der Waals surface area (Å²) in [5.74, 6) is -1.89. The van der Waals surface area contributed by atoms with Gasteiger partial charge in [0.05, 0.1) is 59.9 Å². The number of carboxylic acids is 2. The third-order valence-electron chi connectivity index (χ3n) is 17.6. The van der Waals surface area contributed by atoms with Crippen LogP contribution in [0.15, 0.2) is 270 Å². The number of hydrogen-bond donors (Lipinski definition) is 2. The molecule has 1 aromatic heterocycles. The Kier molecular flexibility index (Phi) is 35.5. The Labute approximate surface area is 721 Å². The second kappa shape index (κ2) is 43.6. The average molecular weight is 1730 g/mol. The topological polar surface area (TPSA) is 414 Å². The first-order valence-corrected chi connectivity index (χ1v) is 41.5. The summed E-state index contributed by atoms with van der Waals surface area (Å²) in [5, 5.41) is 26.0. The largest absolute Gasteiger partial charge is 1.00 e. The van der Waals surface area contributed by atoms with Crippen molar-refractivity contribution in [2.75, 3.05) is 19.6 Å². The maximum absolute atomic E-state index is 11.9. The van der Waals surface area contributed by atoms with E-state index in [4.69, 9.17) is 43.0 Å². The summed E-state index contributed by atoms with van der Waals surface area (Å²) in [7, 11) is -23.0. The van der Waals surface area contributed by atoms with Crippen molar-refractivity contribution in [2.45, 2.75) is 61.3 Å². The van der Waals surface area contributed by atoms with Gasteiger partial charge in [0.1, 0.15) is 36.9 Å². The number of aliphatic carboxylic acids is 2. The number of allylic oxidation sites excluding steroid dienone is 11. The molecule has 3 aliphatic heterocycles. The van der Waals surface area contributed by atoms with E-state index in [1.165, 1.54) is 35.4 Å². The fourth-order valence-corrected chi connectivity index (χ4v) is 15.4. The molecule has 0 aliphatic carbocycles. The Hall–Kier alpha value is -10.3. The molecule has 10 aromatic carbocycles. The second-order valence-electron chi connectivity index (χ2n) is 24.7. The minimum absolute atomic E-state index is 0. The molecule has 14 rings (SSSR count). The standard InChI is InChI=1S/C34H28N2O5S.C19H18.C15H15NO3S.C14H11NO5S.ClH2.K.3O3S/c1-2-21-35-27(25-14-10-15-26-31(42(39,40)41)20-19-30(35)34(25)26)16-6-4-3-5-7-17-28-24-13-8-11-23-12-9-18-29(33(23)24)36(28)22-32(37)38;1(2-6-12-18-14-8-4-9-15-18)3-7-13-19-16-10-5-11-17-19;1-3-9-16-10(2)11-5-4-6-12-14(20(17,18)19)8-7-13(16)15(11)12;1-8-9-3-2-4-10-12(21(18,19)20)6-5-11(14(9)10)15(8)7-13(16)17;;;3*1-4(2)3/h3-20H,2,21-22H2,1H3,(H-,37,38,39,40,41);1-12,14-17H,13H2;4-8H,1,3,9H2,2H3,(H,17,18,19);2-6H,7H2,1H3,(H-,16,17,18,19,20);1H2;;;;/q;;;;2*+1;;;/p-1/b;2-1+,7-3+,12-6+;;;;;;;. The Balaban J connectivity index is 0.000000241. The Morgan fingerprint density at radius 3 is 1.39 bits per heavy atom. The molecule has 0 amide bonds. The molecule has 11 aromatic rings. The number of carbonyl (C=O) groups is 2. The zero-order valence-corrected chi connectivity index (χ0v) is 71.2. The minimum Gasteiger partial charge on any atom is -0.744 e. The van der Waals surface area contributed by atoms with Crippen molar-refractivity contribution < 1.29 is 174 Å². The van der Waals surface area contributed by atoms with Gasteiger partial charge in [0.25, 0.3) is 0 Å². The molecule has 26 nitrogen and oxygen atoms in total. The van der Waals surface area contributed by atoms with Crippen molar-refractivity contribution >= 4 is 174 Å². The van der Waals surface area contributed by atoms with Crippen LogP contribution in [-0.2, 0) is 84.7 Å². The molecular weight excluding hydrogens is 1660 g/mol. The maximum atomic E-state index is 11.9. The molecule has 0 radical (unpaired) electrons. The summed E-state index contributed by atoms with van der Waals surface area (Å²) < 4.78 is 188. The number of nitrogens with zero attached hydrogens (tertiary/aromatic N) is 4. The first-order valence-electron chi connectivity index (χ1n) is 34.3. The monoisotopic (exact) mass is 1730 g/mol. The summed E-state index contributed by atoms with van der Waals surface area (Å²) in [5.41, 5.74) is 11.3. The Morgan fingerprint density at radius 2 is 0.871 bits per heavy atom. The molecule has 0 unspecified atom stereocenters. The number of carboxylic acid groups (broad SMARTS) is 2. The van der Waals surface area contributed by atoms with Gasteiger partial charge in [-0.2, -0.15) is 13.7 Å². The molecule has 0 saturated heterocycles. The first kappa shape index (κ1) is 94.5. The van der Waals surface area contributed by atoms with Gasteiger partial charge >= 0.3 is 95.1 Å². The van der Waals surface area contributed by atoms with Gasteiger partial charge in [-0.1, -0.05) is 201 Å². The van der Waals surface area contributed by atoms with Crippen LogP contribution in [0.1, 0.15) is 61.4 Å². The third kappa shape index (κ3) is 24.6. The fraction of sp³-hybridized carbons (Fsp3) is 0.122. The normalized spacial score (nSPS) is 12.8. The van der Waals surface area contributed by atoms with E-state index in [0.29, 0.717) is 27.2 Å². The molecule has 3 aliphatic rings. The van der Waals surface area contributed by atoms with Crippen molar-refractivity contribution in [1.82, 2.24) is 4.57 Å². The van der Waals surface area contributed by atoms with Crippen molar-refractivity contribution in [3.8, 4) is 0 Å². The number of benzene rings is 10. The van der Waals surface area contributed by atoms with Gasteiger partial charge < -0.3 is 35.4 Å². The molecule has 4 heterocycles. The predicted molar refractivity (Wildman–Crippen MR) is 432 cm³/mol. The Morgan fingerprint density at radius 1 is 0.457 bits per heavy atom. The van der Waals surface area contributed by atoms with Crippen LogP contribution in [0.2, 0.25) is 0 Å². The molecule has 2 N–H and O–H groups in total. The number of hydrogen-bond acceptors (Lipinski definition) is 20. The number of halogens is 1. The van der Waals surface area contributed by atoms with Crippen LogP contribution < -0.4 is 56.7 Å². The quantitative estimate of drug-likeness (QED) is 0.0240. The van der Waals surface area contributed by atoms with E-state index in [1.54, 1.807) is 66.1 Å². The van der Waals surface area contributed by atoms with Crippen LogP contribution in [0.3, 0.4) is 0 Å². The smallest absolute Gasteiger partial charge is 0.744 e. The summed E-state index contributed by atoms with van der Waals surface area (Å²) in [6.45, 7) is 10.9. The zero-order chi connectivity index (χ0) is 83.2. The molecule has 0 bridgehead atoms. The van der Waals surface area contributed by atoms with Gasteiger partial charge in [-0.25, -0.2) is 34.8 Å². The molecule has 596 valence electrons. The minimum atomic E-state index is -4.61. The predicted octanol–water partition coefficient (Wildman–Crippen LogP) is 7.90. The molecular formula is C82H73ClKN4O22S6+. The van der Waals surface area contributed by atoms with Gasteiger partial charge in [-0.05, 0) is 77.9 Å². The van der Waals surface area contributed by atoms with Crippen molar-refractivity contribution in [3.63, 3.8) is 0 Å². The van der Waals surface area contributed by atoms with Crippen LogP contribution >= 0.6 is 0 Å². The van der Waals surface area contributed by atoms with Crippen LogP contribution in [0.25, 0.3) is 66.1 Å². The van der Waals surface area contributed by atoms with Crippen molar-refractivity contribution in [3.05, 3.63) is 295 Å². The fourth-order valence-electron chi connectivity index (χ4n) is 13.3. The first-order chi connectivity index (χ1) is 54.2. The van der Waals surface area contributed by atoms with E-state index in [1.807, 2.05) is 127 Å². The van der Waals surface area contributed by atoms with E-state index >= 15 is 0 Å². The SMILES string of the molecule is C(=C\C=C\c1ccccc1)/C=C/Cc1ccccc1.CC1=[N+](CC(=O)O)c2ccc(S(=O)(=O)[O-])c3cccc1c23.CCCn1c(=CC=CC=CC=CC2=[N+](CC(=O)O)c3cccc4cccc2c34)c2cccc3c(S(=O)(=O)[O-])ccc1c32.O=S(=O)=O.O=S(=O)=O.O=S(=O)=O.[CH2-]CC[N+]1=C(C)c2cccc3c(S(=O)(=O)[O-])ccc1c23.[ClH2+].[K+]. The zero-order valence-electron chi connectivity index (χ0n) is 62.3. The second-order valence-corrected chi connectivity index (χ2v) is 30.0. The van der Waals surface area contributed by atoms with Crippen molar-refractivity contribution in [2.24, 2.45) is 0 Å². The van der Waals surface area contributed by atoms with Crippen molar-refractivity contribution in [1.29, 1.82) is 0 Å². The van der Waals surface area contributed by atoms with Gasteiger partial charge in [0, 0.05) is 82.5 Å². The average Bonchev–Trinajstić information content (AvgIpc) is 1.59. The number of aryl methyl sites for hydroxylation is 1. The summed E-state index contributed by atoms with van der Waals surface area (Å²) >= 11 is 0. The van der Waals surface area contributed by atoms with E-state index in [-0.39, 0.29) is 91.6 Å². The van der Waals surface area contributed by atoms with Crippen LogP contribution in [0, 0.1) is 19.3 Å². The number of aromatic nitrogens is 1. The molecule has 0 saturated carbocycles. The molecule has 0 fully saturated rings. The maximum Gasteiger partial charge on any atom is 1.00 e. The summed E-state index contributed by atoms with van der Waals surface area (Å²) in [6.07, 6.45) is 28.6. The summed E-state index contributed by atoms with van der Waals surface area (Å²) in [4.78, 5) is 22.0. The number of rotatable bonds is 20. The van der Waals surface area contributed by atoms with Crippen LogP contribution in [0.5, 0.6) is 0 Å². The van der Waals surface area contributed by atoms with Gasteiger partial charge in [0.15, 0.2) is 11.4 Å². The Bertz CT molecular complexity index is 6600. The van der Waals surface area contributed by atoms with Gasteiger partial charge in [0.2, 0.25) is 35.9 Å².